The largest absolute Gasteiger partial charge is 0.310 e. The lowest BCUT2D eigenvalue weighted by molar-refractivity contribution is 0.528. The van der Waals surface area contributed by atoms with Gasteiger partial charge in [0.1, 0.15) is 10.8 Å². The van der Waals surface area contributed by atoms with Crippen molar-refractivity contribution >= 4 is 11.5 Å². The van der Waals surface area contributed by atoms with Crippen LogP contribution in [0.25, 0.3) is 0 Å². The molecule has 19 heavy (non-hydrogen) atoms. The number of hydrogen-bond acceptors (Lipinski definition) is 4. The fourth-order valence-electron chi connectivity index (χ4n) is 2.00. The van der Waals surface area contributed by atoms with Gasteiger partial charge in [-0.25, -0.2) is 4.98 Å². The van der Waals surface area contributed by atoms with Crippen molar-refractivity contribution in [2.24, 2.45) is 0 Å². The highest BCUT2D eigenvalue weighted by molar-refractivity contribution is 7.05. The van der Waals surface area contributed by atoms with Crippen LogP contribution < -0.4 is 5.32 Å². The number of aryl methyl sites for hydroxylation is 1. The Labute approximate surface area is 119 Å². The van der Waals surface area contributed by atoms with Crippen molar-refractivity contribution in [3.63, 3.8) is 0 Å². The molecule has 1 N–H and O–H groups in total. The van der Waals surface area contributed by atoms with Crippen LogP contribution in [0, 0.1) is 0 Å². The number of hydrogen-bond donors (Lipinski definition) is 1. The molecule has 3 nitrogen and oxygen atoms in total. The fourth-order valence-corrected chi connectivity index (χ4v) is 2.77. The topological polar surface area (TPSA) is 37.8 Å². The second kappa shape index (κ2) is 7.36. The minimum atomic E-state index is 0.332. The van der Waals surface area contributed by atoms with Crippen molar-refractivity contribution in [1.82, 2.24) is 14.7 Å². The van der Waals surface area contributed by atoms with E-state index in [1.54, 1.807) is 0 Å². The summed E-state index contributed by atoms with van der Waals surface area (Å²) in [4.78, 5) is 4.57. The normalized spacial score (nSPS) is 12.5. The predicted molar refractivity (Wildman–Crippen MR) is 80.5 cm³/mol. The van der Waals surface area contributed by atoms with Crippen molar-refractivity contribution in [3.05, 3.63) is 46.7 Å². The van der Waals surface area contributed by atoms with Crippen molar-refractivity contribution in [2.45, 2.75) is 39.2 Å². The number of nitrogens with zero attached hydrogens (tertiary/aromatic N) is 2. The Morgan fingerprint density at radius 2 is 2.00 bits per heavy atom. The Morgan fingerprint density at radius 1 is 1.21 bits per heavy atom. The number of aromatic nitrogens is 2. The number of benzene rings is 1. The molecule has 0 saturated heterocycles. The first kappa shape index (κ1) is 14.2. The number of rotatable bonds is 7. The lowest BCUT2D eigenvalue weighted by Gasteiger charge is -2.17. The van der Waals surface area contributed by atoms with Gasteiger partial charge in [-0.1, -0.05) is 44.2 Å². The van der Waals surface area contributed by atoms with Crippen LogP contribution in [0.4, 0.5) is 0 Å². The zero-order valence-electron chi connectivity index (χ0n) is 11.6. The predicted octanol–water partition coefficient (Wildman–Crippen LogP) is 3.38. The molecule has 0 spiro atoms. The summed E-state index contributed by atoms with van der Waals surface area (Å²) in [5.41, 5.74) is 1.32. The Kier molecular flexibility index (Phi) is 5.48. The van der Waals surface area contributed by atoms with Crippen LogP contribution in [0.2, 0.25) is 0 Å². The molecule has 1 aromatic heterocycles. The van der Waals surface area contributed by atoms with E-state index in [9.17, 15) is 0 Å². The highest BCUT2D eigenvalue weighted by Crippen LogP contribution is 2.19. The van der Waals surface area contributed by atoms with E-state index in [1.165, 1.54) is 17.1 Å². The first-order valence-electron chi connectivity index (χ1n) is 6.93. The summed E-state index contributed by atoms with van der Waals surface area (Å²) < 4.78 is 4.36. The molecule has 0 amide bonds. The highest BCUT2D eigenvalue weighted by atomic mass is 32.1. The summed E-state index contributed by atoms with van der Waals surface area (Å²) in [7, 11) is 0. The lowest BCUT2D eigenvalue weighted by atomic mass is 10.0. The summed E-state index contributed by atoms with van der Waals surface area (Å²) in [5, 5.41) is 4.72. The van der Waals surface area contributed by atoms with E-state index in [1.807, 2.05) is 0 Å². The second-order valence-electron chi connectivity index (χ2n) is 4.58. The van der Waals surface area contributed by atoms with Gasteiger partial charge in [0, 0.05) is 18.9 Å². The zero-order chi connectivity index (χ0) is 13.5. The summed E-state index contributed by atoms with van der Waals surface area (Å²) in [6, 6.07) is 10.9. The third-order valence-corrected chi connectivity index (χ3v) is 3.82. The molecule has 102 valence electrons. The molecular formula is C15H21N3S. The monoisotopic (exact) mass is 275 g/mol. The van der Waals surface area contributed by atoms with Crippen LogP contribution in [0.3, 0.4) is 0 Å². The second-order valence-corrected chi connectivity index (χ2v) is 5.42. The van der Waals surface area contributed by atoms with Gasteiger partial charge in [0.2, 0.25) is 0 Å². The SMILES string of the molecule is CCCNC(Cc1nc(CC)ns1)c1ccccc1. The van der Waals surface area contributed by atoms with E-state index in [4.69, 9.17) is 0 Å². The fraction of sp³-hybridized carbons (Fsp3) is 0.467. The summed E-state index contributed by atoms with van der Waals surface area (Å²) >= 11 is 1.53. The smallest absolute Gasteiger partial charge is 0.142 e. The van der Waals surface area contributed by atoms with Gasteiger partial charge >= 0.3 is 0 Å². The first-order valence-corrected chi connectivity index (χ1v) is 7.70. The van der Waals surface area contributed by atoms with Gasteiger partial charge < -0.3 is 5.32 Å². The Balaban J connectivity index is 2.09. The van der Waals surface area contributed by atoms with Crippen LogP contribution >= 0.6 is 11.5 Å². The van der Waals surface area contributed by atoms with Crippen molar-refractivity contribution in [3.8, 4) is 0 Å². The zero-order valence-corrected chi connectivity index (χ0v) is 12.4. The van der Waals surface area contributed by atoms with E-state index < -0.39 is 0 Å². The van der Waals surface area contributed by atoms with Crippen LogP contribution in [-0.2, 0) is 12.8 Å². The minimum Gasteiger partial charge on any atom is -0.310 e. The molecule has 4 heteroatoms. The van der Waals surface area contributed by atoms with Gasteiger partial charge in [0.15, 0.2) is 0 Å². The quantitative estimate of drug-likeness (QED) is 0.841. The van der Waals surface area contributed by atoms with Crippen molar-refractivity contribution in [1.29, 1.82) is 0 Å². The van der Waals surface area contributed by atoms with Crippen LogP contribution in [-0.4, -0.2) is 15.9 Å². The summed E-state index contributed by atoms with van der Waals surface area (Å²) in [5.74, 6) is 0.960. The van der Waals surface area contributed by atoms with E-state index in [-0.39, 0.29) is 0 Å². The summed E-state index contributed by atoms with van der Waals surface area (Å²) in [6.07, 6.45) is 2.97. The Bertz CT molecular complexity index is 481. The van der Waals surface area contributed by atoms with Gasteiger partial charge in [0.05, 0.1) is 0 Å². The molecule has 1 unspecified atom stereocenters. The van der Waals surface area contributed by atoms with Crippen LogP contribution in [0.15, 0.2) is 30.3 Å². The van der Waals surface area contributed by atoms with E-state index in [2.05, 4.69) is 58.9 Å². The van der Waals surface area contributed by atoms with E-state index in [0.29, 0.717) is 6.04 Å². The van der Waals surface area contributed by atoms with Gasteiger partial charge in [-0.2, -0.15) is 4.37 Å². The Morgan fingerprint density at radius 3 is 2.63 bits per heavy atom. The molecule has 2 rings (SSSR count). The minimum absolute atomic E-state index is 0.332. The molecule has 1 heterocycles. The first-order chi connectivity index (χ1) is 9.33. The standard InChI is InChI=1S/C15H21N3S/c1-3-10-16-13(12-8-6-5-7-9-12)11-15-17-14(4-2)18-19-15/h5-9,13,16H,3-4,10-11H2,1-2H3. The molecule has 0 bridgehead atoms. The Hall–Kier alpha value is -1.26. The third kappa shape index (κ3) is 4.11. The average Bonchev–Trinajstić information content (AvgIpc) is 2.92. The lowest BCUT2D eigenvalue weighted by Crippen LogP contribution is -2.24. The molecule has 2 aromatic rings. The van der Waals surface area contributed by atoms with E-state index >= 15 is 0 Å². The molecule has 0 aliphatic carbocycles. The molecule has 1 aromatic carbocycles. The molecular weight excluding hydrogens is 254 g/mol. The van der Waals surface area contributed by atoms with Crippen molar-refractivity contribution in [2.75, 3.05) is 6.54 Å². The molecule has 0 saturated carbocycles. The molecule has 0 aliphatic rings. The maximum Gasteiger partial charge on any atom is 0.142 e. The molecule has 0 aliphatic heterocycles. The molecule has 1 atom stereocenters. The highest BCUT2D eigenvalue weighted by Gasteiger charge is 2.14. The molecule has 0 fully saturated rings. The third-order valence-electron chi connectivity index (χ3n) is 3.05. The maximum absolute atomic E-state index is 4.57. The molecule has 0 radical (unpaired) electrons. The number of nitrogens with one attached hydrogen (secondary N) is 1. The van der Waals surface area contributed by atoms with Gasteiger partial charge in [0.25, 0.3) is 0 Å². The van der Waals surface area contributed by atoms with Gasteiger partial charge in [-0.05, 0) is 30.1 Å². The van der Waals surface area contributed by atoms with Crippen molar-refractivity contribution < 1.29 is 0 Å². The van der Waals surface area contributed by atoms with Gasteiger partial charge in [-0.15, -0.1) is 0 Å². The van der Waals surface area contributed by atoms with Crippen LogP contribution in [0.1, 0.15) is 42.7 Å². The average molecular weight is 275 g/mol. The maximum atomic E-state index is 4.57. The summed E-state index contributed by atoms with van der Waals surface area (Å²) in [6.45, 7) is 5.31. The van der Waals surface area contributed by atoms with E-state index in [0.717, 1.165) is 36.6 Å². The van der Waals surface area contributed by atoms with Crippen LogP contribution in [0.5, 0.6) is 0 Å². The van der Waals surface area contributed by atoms with Gasteiger partial charge in [-0.3, -0.25) is 0 Å².